The third-order valence-corrected chi connectivity index (χ3v) is 8.09. The van der Waals surface area contributed by atoms with Crippen molar-refractivity contribution in [3.05, 3.63) is 35.7 Å². The molecular formula is C15H16N2O5S2. The third-order valence-electron chi connectivity index (χ3n) is 4.51. The summed E-state index contributed by atoms with van der Waals surface area (Å²) in [5.41, 5.74) is 0.609. The van der Waals surface area contributed by atoms with Crippen LogP contribution in [0.4, 0.5) is 0 Å². The molecule has 2 fully saturated rings. The molecule has 0 saturated carbocycles. The van der Waals surface area contributed by atoms with E-state index in [4.69, 9.17) is 0 Å². The fourth-order valence-corrected chi connectivity index (χ4v) is 6.20. The quantitative estimate of drug-likeness (QED) is 0.626. The highest BCUT2D eigenvalue weighted by atomic mass is 32.2. The zero-order valence-electron chi connectivity index (χ0n) is 13.3. The SMILES string of the molecule is CS/C(=C1\C(=O)N2[C@@H](C(=O)O)C(C)(C)S(=O)(=O)[C@H]12)c1ccccn1. The van der Waals surface area contributed by atoms with Gasteiger partial charge in [0, 0.05) is 11.1 Å². The van der Waals surface area contributed by atoms with Gasteiger partial charge in [0.2, 0.25) is 0 Å². The van der Waals surface area contributed by atoms with Crippen LogP contribution in [0.3, 0.4) is 0 Å². The summed E-state index contributed by atoms with van der Waals surface area (Å²) in [6.07, 6.45) is 3.29. The fraction of sp³-hybridized carbons (Fsp3) is 0.400. The largest absolute Gasteiger partial charge is 0.480 e. The van der Waals surface area contributed by atoms with Crippen LogP contribution in [0.2, 0.25) is 0 Å². The minimum Gasteiger partial charge on any atom is -0.480 e. The first-order chi connectivity index (χ1) is 11.2. The standard InChI is InChI=1S/C15H16N2O5S2/c1-15(2)11(14(19)20)17-12(18)9(13(17)24(15,21)22)10(23-3)8-6-4-5-7-16-8/h4-7,11,13H,1-3H3,(H,19,20)/b10-9+/t11-,13+/m0/s1. The van der Waals surface area contributed by atoms with Gasteiger partial charge in [-0.2, -0.15) is 0 Å². The molecule has 0 unspecified atom stereocenters. The van der Waals surface area contributed by atoms with Gasteiger partial charge < -0.3 is 10.0 Å². The highest BCUT2D eigenvalue weighted by Crippen LogP contribution is 2.51. The van der Waals surface area contributed by atoms with E-state index in [-0.39, 0.29) is 5.57 Å². The van der Waals surface area contributed by atoms with Gasteiger partial charge in [0.1, 0.15) is 4.75 Å². The van der Waals surface area contributed by atoms with Crippen molar-refractivity contribution in [3.63, 3.8) is 0 Å². The van der Waals surface area contributed by atoms with Crippen molar-refractivity contribution < 1.29 is 23.1 Å². The molecule has 2 aliphatic heterocycles. The van der Waals surface area contributed by atoms with E-state index in [1.54, 1.807) is 30.7 Å². The van der Waals surface area contributed by atoms with Crippen LogP contribution in [0.15, 0.2) is 30.0 Å². The van der Waals surface area contributed by atoms with E-state index < -0.39 is 37.9 Å². The molecule has 128 valence electrons. The van der Waals surface area contributed by atoms with Crippen LogP contribution in [-0.2, 0) is 19.4 Å². The van der Waals surface area contributed by atoms with Crippen LogP contribution in [0.25, 0.3) is 4.91 Å². The highest BCUT2D eigenvalue weighted by molar-refractivity contribution is 8.07. The number of sulfone groups is 1. The summed E-state index contributed by atoms with van der Waals surface area (Å²) in [4.78, 5) is 29.8. The van der Waals surface area contributed by atoms with Crippen LogP contribution in [0.5, 0.6) is 0 Å². The smallest absolute Gasteiger partial charge is 0.328 e. The number of rotatable bonds is 3. The molecule has 0 aliphatic carbocycles. The Balaban J connectivity index is 2.21. The molecule has 0 radical (unpaired) electrons. The van der Waals surface area contributed by atoms with Gasteiger partial charge in [-0.25, -0.2) is 13.2 Å². The van der Waals surface area contributed by atoms with Crippen molar-refractivity contribution in [1.29, 1.82) is 0 Å². The lowest BCUT2D eigenvalue weighted by atomic mass is 9.95. The lowest BCUT2D eigenvalue weighted by Gasteiger charge is -2.39. The number of carbonyl (C=O) groups is 2. The van der Waals surface area contributed by atoms with Crippen molar-refractivity contribution in [2.24, 2.45) is 0 Å². The summed E-state index contributed by atoms with van der Waals surface area (Å²) < 4.78 is 24.2. The van der Waals surface area contributed by atoms with Crippen molar-refractivity contribution in [3.8, 4) is 0 Å². The Morgan fingerprint density at radius 3 is 2.54 bits per heavy atom. The predicted octanol–water partition coefficient (Wildman–Crippen LogP) is 0.984. The number of pyridine rings is 1. The molecule has 24 heavy (non-hydrogen) atoms. The molecule has 2 saturated heterocycles. The Bertz CT molecular complexity index is 861. The van der Waals surface area contributed by atoms with Crippen LogP contribution in [0, 0.1) is 0 Å². The van der Waals surface area contributed by atoms with Crippen LogP contribution >= 0.6 is 11.8 Å². The minimum absolute atomic E-state index is 0.109. The number of fused-ring (bicyclic) bond motifs is 1. The van der Waals surface area contributed by atoms with Gasteiger partial charge in [-0.3, -0.25) is 9.78 Å². The van der Waals surface area contributed by atoms with Crippen LogP contribution in [0.1, 0.15) is 19.5 Å². The monoisotopic (exact) mass is 368 g/mol. The molecule has 0 aromatic carbocycles. The Morgan fingerprint density at radius 2 is 2.04 bits per heavy atom. The van der Waals surface area contributed by atoms with Crippen molar-refractivity contribution in [2.75, 3.05) is 6.26 Å². The number of carboxylic acid groups (broad SMARTS) is 1. The molecule has 3 heterocycles. The summed E-state index contributed by atoms with van der Waals surface area (Å²) in [6.45, 7) is 2.70. The molecule has 1 aromatic heterocycles. The molecule has 2 aliphatic rings. The van der Waals surface area contributed by atoms with Gasteiger partial charge in [-0.1, -0.05) is 6.07 Å². The maximum atomic E-state index is 12.9. The topological polar surface area (TPSA) is 105 Å². The molecule has 0 bridgehead atoms. The number of nitrogens with zero attached hydrogens (tertiary/aromatic N) is 2. The number of aliphatic carboxylic acids is 1. The first kappa shape index (κ1) is 17.0. The third kappa shape index (κ3) is 1.97. The van der Waals surface area contributed by atoms with Crippen LogP contribution in [-0.4, -0.2) is 57.7 Å². The normalized spacial score (nSPS) is 29.0. The lowest BCUT2D eigenvalue weighted by Crippen LogP contribution is -2.59. The molecular weight excluding hydrogens is 352 g/mol. The van der Waals surface area contributed by atoms with Gasteiger partial charge in [0.25, 0.3) is 5.91 Å². The summed E-state index contributed by atoms with van der Waals surface area (Å²) >= 11 is 1.23. The molecule has 7 nitrogen and oxygen atoms in total. The van der Waals surface area contributed by atoms with Crippen molar-refractivity contribution in [1.82, 2.24) is 9.88 Å². The number of carboxylic acids is 1. The number of thioether (sulfide) groups is 1. The number of aromatic nitrogens is 1. The predicted molar refractivity (Wildman–Crippen MR) is 89.7 cm³/mol. The van der Waals surface area contributed by atoms with Crippen LogP contribution < -0.4 is 0 Å². The maximum absolute atomic E-state index is 12.9. The fourth-order valence-electron chi connectivity index (χ4n) is 3.23. The Labute approximate surface area is 143 Å². The zero-order chi connectivity index (χ0) is 17.9. The summed E-state index contributed by atoms with van der Waals surface area (Å²) in [5, 5.41) is 8.20. The number of β-lactam (4-membered cyclic amide) rings is 1. The first-order valence-corrected chi connectivity index (χ1v) is 9.91. The van der Waals surface area contributed by atoms with Crippen molar-refractivity contribution in [2.45, 2.75) is 30.0 Å². The summed E-state index contributed by atoms with van der Waals surface area (Å²) in [6, 6.07) is 3.76. The van der Waals surface area contributed by atoms with E-state index in [0.717, 1.165) is 4.90 Å². The van der Waals surface area contributed by atoms with E-state index in [1.165, 1.54) is 25.6 Å². The van der Waals surface area contributed by atoms with Gasteiger partial charge in [0.05, 0.1) is 11.3 Å². The first-order valence-electron chi connectivity index (χ1n) is 7.14. The number of hydrogen-bond donors (Lipinski definition) is 1. The van der Waals surface area contributed by atoms with Gasteiger partial charge in [-0.15, -0.1) is 11.8 Å². The summed E-state index contributed by atoms with van der Waals surface area (Å²) in [5.74, 6) is -1.88. The lowest BCUT2D eigenvalue weighted by molar-refractivity contribution is -0.152. The maximum Gasteiger partial charge on any atom is 0.328 e. The van der Waals surface area contributed by atoms with E-state index in [9.17, 15) is 23.1 Å². The summed E-state index contributed by atoms with van der Waals surface area (Å²) in [7, 11) is -3.88. The zero-order valence-corrected chi connectivity index (χ0v) is 14.9. The molecule has 2 atom stereocenters. The molecule has 1 amide bonds. The second-order valence-corrected chi connectivity index (χ2v) is 9.52. The Morgan fingerprint density at radius 1 is 1.38 bits per heavy atom. The second-order valence-electron chi connectivity index (χ2n) is 6.12. The van der Waals surface area contributed by atoms with E-state index >= 15 is 0 Å². The average Bonchev–Trinajstić information content (AvgIpc) is 2.67. The molecule has 3 rings (SSSR count). The molecule has 9 heteroatoms. The average molecular weight is 368 g/mol. The molecule has 1 aromatic rings. The number of hydrogen-bond acceptors (Lipinski definition) is 6. The van der Waals surface area contributed by atoms with Gasteiger partial charge in [0.15, 0.2) is 21.3 Å². The van der Waals surface area contributed by atoms with E-state index in [1.807, 2.05) is 0 Å². The van der Waals surface area contributed by atoms with E-state index in [0.29, 0.717) is 10.6 Å². The van der Waals surface area contributed by atoms with E-state index in [2.05, 4.69) is 4.98 Å². The van der Waals surface area contributed by atoms with Crippen molar-refractivity contribution >= 4 is 38.4 Å². The van der Waals surface area contributed by atoms with Gasteiger partial charge >= 0.3 is 5.97 Å². The minimum atomic E-state index is -3.88. The second kappa shape index (κ2) is 5.32. The Hall–Kier alpha value is -1.87. The van der Waals surface area contributed by atoms with Gasteiger partial charge in [-0.05, 0) is 32.2 Å². The number of amides is 1. The molecule has 1 N–H and O–H groups in total. The molecule has 0 spiro atoms. The number of carbonyl (C=O) groups excluding carboxylic acids is 1. The highest BCUT2D eigenvalue weighted by Gasteiger charge is 2.70. The Kier molecular flexibility index (Phi) is 3.76.